The number of aliphatic hydroxyl groups is 1. The summed E-state index contributed by atoms with van der Waals surface area (Å²) in [5.41, 5.74) is 0. The van der Waals surface area contributed by atoms with Crippen LogP contribution in [0.1, 0.15) is 47.0 Å². The van der Waals surface area contributed by atoms with E-state index in [1.807, 2.05) is 18.7 Å². The molecule has 0 aromatic heterocycles. The first-order chi connectivity index (χ1) is 7.91. The van der Waals surface area contributed by atoms with Crippen LogP contribution in [0.3, 0.4) is 0 Å². The highest BCUT2D eigenvalue weighted by atomic mass is 16.3. The molecule has 1 rings (SSSR count). The van der Waals surface area contributed by atoms with Crippen molar-refractivity contribution in [2.24, 2.45) is 17.8 Å². The summed E-state index contributed by atoms with van der Waals surface area (Å²) in [6.07, 6.45) is 1.93. The molecule has 0 aromatic rings. The van der Waals surface area contributed by atoms with Crippen LogP contribution in [0.5, 0.6) is 0 Å². The van der Waals surface area contributed by atoms with Crippen LogP contribution in [0.2, 0.25) is 0 Å². The molecule has 0 unspecified atom stereocenters. The smallest absolute Gasteiger partial charge is 0.251 e. The van der Waals surface area contributed by atoms with Gasteiger partial charge in [0, 0.05) is 13.1 Å². The number of piperidine rings is 1. The first-order valence-corrected chi connectivity index (χ1v) is 6.88. The molecule has 3 nitrogen and oxygen atoms in total. The Hall–Kier alpha value is -0.570. The normalized spacial score (nSPS) is 20.1. The quantitative estimate of drug-likeness (QED) is 0.820. The average molecular weight is 241 g/mol. The second-order valence-electron chi connectivity index (χ2n) is 6.05. The maximum absolute atomic E-state index is 12.0. The highest BCUT2D eigenvalue weighted by molar-refractivity contribution is 5.80. The Morgan fingerprint density at radius 1 is 1.24 bits per heavy atom. The molecule has 3 heteroatoms. The number of hydrogen-bond acceptors (Lipinski definition) is 2. The second kappa shape index (κ2) is 6.39. The Morgan fingerprint density at radius 2 is 1.76 bits per heavy atom. The highest BCUT2D eigenvalue weighted by Crippen LogP contribution is 2.25. The van der Waals surface area contributed by atoms with Crippen molar-refractivity contribution in [2.45, 2.75) is 53.1 Å². The molecule has 0 radical (unpaired) electrons. The molecule has 1 heterocycles. The minimum atomic E-state index is -0.800. The first-order valence-electron chi connectivity index (χ1n) is 6.88. The molecular weight excluding hydrogens is 214 g/mol. The molecule has 0 aromatic carbocycles. The van der Waals surface area contributed by atoms with Gasteiger partial charge in [-0.3, -0.25) is 4.79 Å². The number of likely N-dealkylation sites (tertiary alicyclic amines) is 1. The first kappa shape index (κ1) is 14.5. The zero-order valence-corrected chi connectivity index (χ0v) is 11.6. The van der Waals surface area contributed by atoms with Gasteiger partial charge in [-0.15, -0.1) is 0 Å². The molecule has 100 valence electrons. The molecule has 1 N–H and O–H groups in total. The zero-order valence-electron chi connectivity index (χ0n) is 11.6. The van der Waals surface area contributed by atoms with E-state index in [4.69, 9.17) is 0 Å². The number of carbonyl (C=O) groups excluding carboxylic acids is 1. The number of amides is 1. The van der Waals surface area contributed by atoms with Gasteiger partial charge < -0.3 is 10.0 Å². The number of aliphatic hydroxyl groups excluding tert-OH is 1. The van der Waals surface area contributed by atoms with Crippen molar-refractivity contribution >= 4 is 5.91 Å². The third-order valence-corrected chi connectivity index (χ3v) is 3.77. The minimum absolute atomic E-state index is 0.0686. The molecule has 0 aliphatic carbocycles. The number of carbonyl (C=O) groups is 1. The van der Waals surface area contributed by atoms with Gasteiger partial charge >= 0.3 is 0 Å². The van der Waals surface area contributed by atoms with Crippen molar-refractivity contribution in [1.82, 2.24) is 4.90 Å². The van der Waals surface area contributed by atoms with Crippen molar-refractivity contribution in [2.75, 3.05) is 13.1 Å². The van der Waals surface area contributed by atoms with Crippen molar-refractivity contribution in [3.63, 3.8) is 0 Å². The second-order valence-corrected chi connectivity index (χ2v) is 6.05. The Morgan fingerprint density at radius 3 is 2.18 bits per heavy atom. The van der Waals surface area contributed by atoms with Crippen molar-refractivity contribution in [1.29, 1.82) is 0 Å². The molecule has 0 saturated carbocycles. The highest BCUT2D eigenvalue weighted by Gasteiger charge is 2.28. The molecule has 1 amide bonds. The number of rotatable bonds is 4. The fourth-order valence-corrected chi connectivity index (χ4v) is 2.54. The molecule has 1 aliphatic rings. The number of hydrogen-bond donors (Lipinski definition) is 1. The lowest BCUT2D eigenvalue weighted by molar-refractivity contribution is -0.142. The van der Waals surface area contributed by atoms with Crippen LogP contribution < -0.4 is 0 Å². The zero-order chi connectivity index (χ0) is 13.0. The van der Waals surface area contributed by atoms with Crippen LogP contribution in [0, 0.1) is 17.8 Å². The summed E-state index contributed by atoms with van der Waals surface area (Å²) in [5, 5.41) is 9.82. The van der Waals surface area contributed by atoms with E-state index < -0.39 is 6.10 Å². The predicted octanol–water partition coefficient (Wildman–Crippen LogP) is 2.29. The van der Waals surface area contributed by atoms with Gasteiger partial charge in [-0.25, -0.2) is 0 Å². The van der Waals surface area contributed by atoms with E-state index >= 15 is 0 Å². The Kier molecular flexibility index (Phi) is 5.44. The minimum Gasteiger partial charge on any atom is -0.383 e. The van der Waals surface area contributed by atoms with E-state index in [0.717, 1.165) is 31.8 Å². The van der Waals surface area contributed by atoms with Crippen molar-refractivity contribution < 1.29 is 9.90 Å². The summed E-state index contributed by atoms with van der Waals surface area (Å²) in [4.78, 5) is 13.8. The Labute approximate surface area is 105 Å². The summed E-state index contributed by atoms with van der Waals surface area (Å²) in [6.45, 7) is 10.2. The Balaban J connectivity index is 2.40. The summed E-state index contributed by atoms with van der Waals surface area (Å²) >= 11 is 0. The molecule has 1 fully saturated rings. The van der Waals surface area contributed by atoms with Gasteiger partial charge in [-0.2, -0.15) is 0 Å². The molecule has 1 atom stereocenters. The standard InChI is InChI=1S/C14H27NO2/c1-10(2)9-13(16)14(17)15-7-5-12(6-8-15)11(3)4/h10-13,16H,5-9H2,1-4H3/t13-/m0/s1. The van der Waals surface area contributed by atoms with Crippen molar-refractivity contribution in [3.8, 4) is 0 Å². The molecular formula is C14H27NO2. The van der Waals surface area contributed by atoms with Crippen LogP contribution in [0.25, 0.3) is 0 Å². The van der Waals surface area contributed by atoms with E-state index in [9.17, 15) is 9.90 Å². The topological polar surface area (TPSA) is 40.5 Å². The van der Waals surface area contributed by atoms with E-state index in [0.29, 0.717) is 18.3 Å². The van der Waals surface area contributed by atoms with Gasteiger partial charge in [0.05, 0.1) is 0 Å². The Bertz CT molecular complexity index is 243. The third-order valence-electron chi connectivity index (χ3n) is 3.77. The van der Waals surface area contributed by atoms with Gasteiger partial charge in [0.25, 0.3) is 5.91 Å². The van der Waals surface area contributed by atoms with Crippen LogP contribution >= 0.6 is 0 Å². The van der Waals surface area contributed by atoms with Crippen molar-refractivity contribution in [3.05, 3.63) is 0 Å². The lowest BCUT2D eigenvalue weighted by atomic mass is 9.86. The maximum Gasteiger partial charge on any atom is 0.251 e. The fraction of sp³-hybridized carbons (Fsp3) is 0.929. The van der Waals surface area contributed by atoms with Gasteiger partial charge in [-0.05, 0) is 37.0 Å². The van der Waals surface area contributed by atoms with E-state index in [1.54, 1.807) is 0 Å². The summed E-state index contributed by atoms with van der Waals surface area (Å²) in [5.74, 6) is 1.73. The monoisotopic (exact) mass is 241 g/mol. The largest absolute Gasteiger partial charge is 0.383 e. The van der Waals surface area contributed by atoms with Crippen LogP contribution in [0.4, 0.5) is 0 Å². The maximum atomic E-state index is 12.0. The lowest BCUT2D eigenvalue weighted by Gasteiger charge is -2.35. The fourth-order valence-electron chi connectivity index (χ4n) is 2.54. The molecule has 0 bridgehead atoms. The van der Waals surface area contributed by atoms with Gasteiger partial charge in [0.1, 0.15) is 6.10 Å². The van der Waals surface area contributed by atoms with Gasteiger partial charge in [0.2, 0.25) is 0 Å². The predicted molar refractivity (Wildman–Crippen MR) is 69.6 cm³/mol. The van der Waals surface area contributed by atoms with Gasteiger partial charge in [-0.1, -0.05) is 27.7 Å². The van der Waals surface area contributed by atoms with Crippen LogP contribution in [-0.2, 0) is 4.79 Å². The SMILES string of the molecule is CC(C)C[C@H](O)C(=O)N1CCC(C(C)C)CC1. The molecule has 1 saturated heterocycles. The third kappa shape index (κ3) is 4.30. The van der Waals surface area contributed by atoms with Gasteiger partial charge in [0.15, 0.2) is 0 Å². The number of nitrogens with zero attached hydrogens (tertiary/aromatic N) is 1. The summed E-state index contributed by atoms with van der Waals surface area (Å²) in [6, 6.07) is 0. The lowest BCUT2D eigenvalue weighted by Crippen LogP contribution is -2.44. The summed E-state index contributed by atoms with van der Waals surface area (Å²) in [7, 11) is 0. The van der Waals surface area contributed by atoms with E-state index in [-0.39, 0.29) is 5.91 Å². The average Bonchev–Trinajstić information content (AvgIpc) is 2.27. The van der Waals surface area contributed by atoms with Crippen LogP contribution in [-0.4, -0.2) is 35.1 Å². The molecule has 1 aliphatic heterocycles. The molecule has 0 spiro atoms. The van der Waals surface area contributed by atoms with E-state index in [2.05, 4.69) is 13.8 Å². The van der Waals surface area contributed by atoms with Crippen LogP contribution in [0.15, 0.2) is 0 Å². The van der Waals surface area contributed by atoms with E-state index in [1.165, 1.54) is 0 Å². The summed E-state index contributed by atoms with van der Waals surface area (Å²) < 4.78 is 0. The molecule has 17 heavy (non-hydrogen) atoms.